The molecule has 1 aromatic heterocycles. The molecule has 0 N–H and O–H groups in total. The predicted octanol–water partition coefficient (Wildman–Crippen LogP) is 7.30. The van der Waals surface area contributed by atoms with Crippen LogP contribution in [0.2, 0.25) is 10.0 Å². The van der Waals surface area contributed by atoms with Gasteiger partial charge in [-0.3, -0.25) is 9.80 Å². The molecule has 3 saturated heterocycles. The van der Waals surface area contributed by atoms with Crippen molar-refractivity contribution in [3.8, 4) is 11.5 Å². The van der Waals surface area contributed by atoms with E-state index in [0.29, 0.717) is 33.9 Å². The summed E-state index contributed by atoms with van der Waals surface area (Å²) in [7, 11) is 2.93. The van der Waals surface area contributed by atoms with Crippen molar-refractivity contribution in [2.75, 3.05) is 38.8 Å². The fraction of sp³-hybridized carbons (Fsp3) is 0.324. The van der Waals surface area contributed by atoms with Gasteiger partial charge in [0.05, 0.1) is 32.0 Å². The minimum atomic E-state index is -1.05. The Morgan fingerprint density at radius 2 is 1.69 bits per heavy atom. The Bertz CT molecular complexity index is 1900. The SMILES string of the molecule is COc1ccc([C@H](Cc2c(Cl)c[n+]([O-])cc2Cl)OC(=O)c2cc(F)cc(CN(C(=O)O[C@H]3CN4CCC3CC4)c3ccccc3F)c2)cc1OC. The fourth-order valence-electron chi connectivity index (χ4n) is 6.59. The average molecular weight is 743 g/mol. The van der Waals surface area contributed by atoms with Gasteiger partial charge in [0.15, 0.2) is 23.9 Å². The van der Waals surface area contributed by atoms with E-state index in [2.05, 4.69) is 4.90 Å². The maximum Gasteiger partial charge on any atom is 0.415 e. The van der Waals surface area contributed by atoms with Crippen molar-refractivity contribution in [2.24, 2.45) is 5.92 Å². The highest BCUT2D eigenvalue weighted by molar-refractivity contribution is 6.35. The van der Waals surface area contributed by atoms with Crippen molar-refractivity contribution in [1.29, 1.82) is 0 Å². The summed E-state index contributed by atoms with van der Waals surface area (Å²) < 4.78 is 53.5. The first-order valence-corrected chi connectivity index (χ1v) is 17.0. The van der Waals surface area contributed by atoms with Crippen molar-refractivity contribution in [3.05, 3.63) is 122 Å². The number of hydrogen-bond acceptors (Lipinski definition) is 8. The van der Waals surface area contributed by atoms with Crippen molar-refractivity contribution in [2.45, 2.75) is 38.0 Å². The highest BCUT2D eigenvalue weighted by Crippen LogP contribution is 2.36. The lowest BCUT2D eigenvalue weighted by Gasteiger charge is -2.44. The number of anilines is 1. The zero-order chi connectivity index (χ0) is 36.2. The number of rotatable bonds is 11. The van der Waals surface area contributed by atoms with Crippen molar-refractivity contribution in [3.63, 3.8) is 0 Å². The Balaban J connectivity index is 1.29. The van der Waals surface area contributed by atoms with Crippen LogP contribution in [0.4, 0.5) is 19.3 Å². The van der Waals surface area contributed by atoms with Gasteiger partial charge < -0.3 is 24.2 Å². The number of methoxy groups -OCH3 is 2. The summed E-state index contributed by atoms with van der Waals surface area (Å²) in [5.74, 6) is -1.38. The molecule has 0 spiro atoms. The second-order valence-corrected chi connectivity index (χ2v) is 13.3. The van der Waals surface area contributed by atoms with Crippen LogP contribution in [0.5, 0.6) is 11.5 Å². The van der Waals surface area contributed by atoms with E-state index in [1.807, 2.05) is 0 Å². The lowest BCUT2D eigenvalue weighted by atomic mass is 9.86. The van der Waals surface area contributed by atoms with Gasteiger partial charge in [-0.25, -0.2) is 18.4 Å². The number of carbonyl (C=O) groups excluding carboxylic acids is 2. The zero-order valence-electron chi connectivity index (χ0n) is 27.8. The van der Waals surface area contributed by atoms with Gasteiger partial charge >= 0.3 is 12.1 Å². The normalized spacial score (nSPS) is 18.5. The van der Waals surface area contributed by atoms with Gasteiger partial charge in [-0.05, 0) is 85.4 Å². The molecule has 268 valence electrons. The van der Waals surface area contributed by atoms with Crippen LogP contribution in [-0.2, 0) is 22.4 Å². The molecular formula is C37H35Cl2F2N3O7. The number of ether oxygens (including phenoxy) is 4. The van der Waals surface area contributed by atoms with Gasteiger partial charge in [-0.15, -0.1) is 0 Å². The first-order valence-electron chi connectivity index (χ1n) is 16.3. The van der Waals surface area contributed by atoms with Crippen LogP contribution in [-0.4, -0.2) is 56.9 Å². The van der Waals surface area contributed by atoms with Crippen molar-refractivity contribution >= 4 is 41.0 Å². The topological polar surface area (TPSA) is 104 Å². The molecule has 1 amide bonds. The van der Waals surface area contributed by atoms with Gasteiger partial charge in [0.25, 0.3) is 0 Å². The van der Waals surface area contributed by atoms with Crippen LogP contribution in [0.1, 0.15) is 46.0 Å². The van der Waals surface area contributed by atoms with Gasteiger partial charge in [-0.1, -0.05) is 41.4 Å². The molecule has 4 aromatic rings. The molecule has 0 saturated carbocycles. The molecule has 3 fully saturated rings. The molecular weight excluding hydrogens is 707 g/mol. The van der Waals surface area contributed by atoms with Crippen LogP contribution in [0, 0.1) is 22.8 Å². The van der Waals surface area contributed by atoms with Gasteiger partial charge in [0.2, 0.25) is 0 Å². The summed E-state index contributed by atoms with van der Waals surface area (Å²) in [5.41, 5.74) is 0.761. The highest BCUT2D eigenvalue weighted by atomic mass is 35.5. The summed E-state index contributed by atoms with van der Waals surface area (Å²) in [6.45, 7) is 2.17. The standard InChI is InChI=1S/C37H35Cl2F2N3O7/c1-48-32-8-7-24(16-34(32)49-2)33(17-27-28(38)19-43(47)20-29(27)39)50-36(45)25-13-22(14-26(40)15-25)18-44(31-6-4-3-5-30(31)41)37(46)51-35-21-42-11-9-23(35)10-12-42/h3-8,13-16,19-20,23,33,35H,9-12,17-18,21H2,1-2H3/t33-,35-/m0/s1. The second-order valence-electron chi connectivity index (χ2n) is 12.5. The van der Waals surface area contributed by atoms with E-state index >= 15 is 8.78 Å². The maximum atomic E-state index is 15.2. The third-order valence-electron chi connectivity index (χ3n) is 9.22. The van der Waals surface area contributed by atoms with Crippen LogP contribution in [0.3, 0.4) is 0 Å². The number of carbonyl (C=O) groups is 2. The highest BCUT2D eigenvalue weighted by Gasteiger charge is 2.38. The molecule has 0 unspecified atom stereocenters. The number of aromatic nitrogens is 1. The number of para-hydroxylation sites is 1. The third kappa shape index (κ3) is 8.30. The maximum absolute atomic E-state index is 15.2. The summed E-state index contributed by atoms with van der Waals surface area (Å²) in [4.78, 5) is 30.8. The molecule has 0 aliphatic carbocycles. The largest absolute Gasteiger partial charge is 0.619 e. The Kier molecular flexibility index (Phi) is 11.1. The Labute approximate surface area is 303 Å². The zero-order valence-corrected chi connectivity index (χ0v) is 29.3. The lowest BCUT2D eigenvalue weighted by Crippen LogP contribution is -2.53. The molecule has 3 aliphatic rings. The smallest absolute Gasteiger partial charge is 0.415 e. The number of amides is 1. The van der Waals surface area contributed by atoms with Crippen molar-refractivity contribution < 1.29 is 42.0 Å². The van der Waals surface area contributed by atoms with E-state index in [1.54, 1.807) is 24.3 Å². The van der Waals surface area contributed by atoms with Gasteiger partial charge in [0, 0.05) is 18.5 Å². The predicted molar refractivity (Wildman–Crippen MR) is 185 cm³/mol. The van der Waals surface area contributed by atoms with E-state index in [-0.39, 0.29) is 51.8 Å². The van der Waals surface area contributed by atoms with Crippen LogP contribution < -0.4 is 19.1 Å². The molecule has 2 atom stereocenters. The Morgan fingerprint density at radius 1 is 0.980 bits per heavy atom. The third-order valence-corrected chi connectivity index (χ3v) is 9.87. The molecule has 0 radical (unpaired) electrons. The van der Waals surface area contributed by atoms with E-state index in [0.717, 1.165) is 55.4 Å². The molecule has 2 bridgehead atoms. The molecule has 3 aliphatic heterocycles. The monoisotopic (exact) mass is 741 g/mol. The first kappa shape index (κ1) is 36.2. The molecule has 51 heavy (non-hydrogen) atoms. The number of nitrogens with zero attached hydrogens (tertiary/aromatic N) is 3. The minimum absolute atomic E-state index is 0.0467. The quantitative estimate of drug-likeness (QED) is 0.0897. The molecule has 3 aromatic carbocycles. The summed E-state index contributed by atoms with van der Waals surface area (Å²) >= 11 is 12.7. The summed E-state index contributed by atoms with van der Waals surface area (Å²) in [6, 6.07) is 14.1. The van der Waals surface area contributed by atoms with E-state index < -0.39 is 29.8 Å². The number of esters is 1. The average Bonchev–Trinajstić information content (AvgIpc) is 3.11. The number of halogens is 4. The number of piperidine rings is 3. The summed E-state index contributed by atoms with van der Waals surface area (Å²) in [5, 5.41) is 12.0. The number of hydrogen-bond donors (Lipinski definition) is 0. The first-order chi connectivity index (χ1) is 24.5. The Morgan fingerprint density at radius 3 is 2.33 bits per heavy atom. The van der Waals surface area contributed by atoms with Crippen LogP contribution >= 0.6 is 23.2 Å². The fourth-order valence-corrected chi connectivity index (χ4v) is 7.19. The lowest BCUT2D eigenvalue weighted by molar-refractivity contribution is -0.605. The minimum Gasteiger partial charge on any atom is -0.619 e. The van der Waals surface area contributed by atoms with Gasteiger partial charge in [-0.2, -0.15) is 4.73 Å². The van der Waals surface area contributed by atoms with Crippen molar-refractivity contribution in [1.82, 2.24) is 4.90 Å². The number of fused-ring (bicyclic) bond motifs is 3. The molecule has 14 heteroatoms. The van der Waals surface area contributed by atoms with E-state index in [9.17, 15) is 14.8 Å². The van der Waals surface area contributed by atoms with E-state index in [1.165, 1.54) is 38.5 Å². The van der Waals surface area contributed by atoms with Crippen LogP contribution in [0.15, 0.2) is 73.1 Å². The molecule has 4 heterocycles. The van der Waals surface area contributed by atoms with Gasteiger partial charge in [0.1, 0.15) is 33.9 Å². The summed E-state index contributed by atoms with van der Waals surface area (Å²) in [6.07, 6.45) is 1.80. The van der Waals surface area contributed by atoms with E-state index in [4.69, 9.17) is 42.1 Å². The molecule has 7 rings (SSSR count). The number of benzene rings is 3. The Hall–Kier alpha value is -4.65. The molecule has 10 nitrogen and oxygen atoms in total. The number of pyridine rings is 1. The second kappa shape index (κ2) is 15.7. The van der Waals surface area contributed by atoms with Crippen LogP contribution in [0.25, 0.3) is 0 Å².